The average Bonchev–Trinajstić information content (AvgIpc) is 2.56. The van der Waals surface area contributed by atoms with Crippen molar-refractivity contribution in [3.05, 3.63) is 23.8 Å². The molecule has 130 valence electrons. The number of carboxylic acids is 1. The second kappa shape index (κ2) is 8.33. The first-order valence-electron chi connectivity index (χ1n) is 8.07. The van der Waals surface area contributed by atoms with Gasteiger partial charge in [0.05, 0.1) is 6.61 Å². The number of carbonyl (C=O) groups excluding carboxylic acids is 2. The molecular formula is C17H22N2O5. The molecule has 1 aromatic rings. The molecule has 0 fully saturated rings. The molecule has 2 rings (SSSR count). The monoisotopic (exact) mass is 334 g/mol. The summed E-state index contributed by atoms with van der Waals surface area (Å²) >= 11 is 0. The van der Waals surface area contributed by atoms with Crippen LogP contribution in [0.4, 0.5) is 5.69 Å². The number of carboxylic acid groups (broad SMARTS) is 1. The molecule has 1 aliphatic heterocycles. The highest BCUT2D eigenvalue weighted by Crippen LogP contribution is 2.26. The summed E-state index contributed by atoms with van der Waals surface area (Å²) < 4.78 is 5.62. The van der Waals surface area contributed by atoms with E-state index in [9.17, 15) is 14.4 Å². The Morgan fingerprint density at radius 2 is 2.17 bits per heavy atom. The summed E-state index contributed by atoms with van der Waals surface area (Å²) in [5.74, 6) is -0.597. The van der Waals surface area contributed by atoms with Crippen molar-refractivity contribution < 1.29 is 24.2 Å². The first-order valence-corrected chi connectivity index (χ1v) is 8.07. The van der Waals surface area contributed by atoms with E-state index in [-0.39, 0.29) is 18.2 Å². The van der Waals surface area contributed by atoms with Crippen LogP contribution >= 0.6 is 0 Å². The Balaban J connectivity index is 1.74. The quantitative estimate of drug-likeness (QED) is 0.628. The SMILES string of the molecule is CCC(NC(=O)CCCOc1ccc2c(c1)CCC(=O)N2)C(=O)O. The third-order valence-corrected chi connectivity index (χ3v) is 3.83. The molecule has 24 heavy (non-hydrogen) atoms. The lowest BCUT2D eigenvalue weighted by atomic mass is 10.0. The van der Waals surface area contributed by atoms with Gasteiger partial charge in [0.1, 0.15) is 11.8 Å². The fourth-order valence-electron chi connectivity index (χ4n) is 2.48. The molecule has 0 saturated carbocycles. The minimum atomic E-state index is -1.02. The molecule has 1 aromatic carbocycles. The number of hydrogen-bond acceptors (Lipinski definition) is 4. The van der Waals surface area contributed by atoms with Crippen molar-refractivity contribution in [3.8, 4) is 5.75 Å². The molecule has 7 heteroatoms. The highest BCUT2D eigenvalue weighted by molar-refractivity contribution is 5.94. The summed E-state index contributed by atoms with van der Waals surface area (Å²) in [5.41, 5.74) is 1.86. The number of hydrogen-bond donors (Lipinski definition) is 3. The number of ether oxygens (including phenoxy) is 1. The second-order valence-electron chi connectivity index (χ2n) is 5.69. The smallest absolute Gasteiger partial charge is 0.326 e. The lowest BCUT2D eigenvalue weighted by Gasteiger charge is -2.17. The van der Waals surface area contributed by atoms with E-state index < -0.39 is 12.0 Å². The van der Waals surface area contributed by atoms with Crippen molar-refractivity contribution >= 4 is 23.5 Å². The summed E-state index contributed by atoms with van der Waals surface area (Å²) in [6, 6.07) is 4.65. The first-order chi connectivity index (χ1) is 11.5. The molecule has 2 amide bonds. The molecule has 0 radical (unpaired) electrons. The van der Waals surface area contributed by atoms with Gasteiger partial charge in [-0.3, -0.25) is 9.59 Å². The minimum Gasteiger partial charge on any atom is -0.494 e. The van der Waals surface area contributed by atoms with Crippen LogP contribution in [0, 0.1) is 0 Å². The molecule has 0 aliphatic carbocycles. The zero-order chi connectivity index (χ0) is 17.5. The number of carbonyl (C=O) groups is 3. The summed E-state index contributed by atoms with van der Waals surface area (Å²) in [5, 5.41) is 14.2. The van der Waals surface area contributed by atoms with E-state index in [0.717, 1.165) is 11.3 Å². The van der Waals surface area contributed by atoms with Crippen LogP contribution in [0.3, 0.4) is 0 Å². The van der Waals surface area contributed by atoms with Gasteiger partial charge in [-0.15, -0.1) is 0 Å². The van der Waals surface area contributed by atoms with Crippen molar-refractivity contribution in [2.45, 2.75) is 45.1 Å². The molecule has 7 nitrogen and oxygen atoms in total. The Morgan fingerprint density at radius 1 is 1.38 bits per heavy atom. The maximum Gasteiger partial charge on any atom is 0.326 e. The number of aryl methyl sites for hydroxylation is 1. The van der Waals surface area contributed by atoms with Crippen LogP contribution < -0.4 is 15.4 Å². The molecule has 0 saturated heterocycles. The van der Waals surface area contributed by atoms with E-state index >= 15 is 0 Å². The van der Waals surface area contributed by atoms with E-state index in [1.807, 2.05) is 12.1 Å². The molecule has 1 atom stereocenters. The maximum atomic E-state index is 11.7. The van der Waals surface area contributed by atoms with Crippen LogP contribution in [0.2, 0.25) is 0 Å². The summed E-state index contributed by atoms with van der Waals surface area (Å²) in [6.45, 7) is 2.07. The van der Waals surface area contributed by atoms with Crippen LogP contribution in [-0.2, 0) is 20.8 Å². The Morgan fingerprint density at radius 3 is 2.88 bits per heavy atom. The molecule has 0 spiro atoms. The highest BCUT2D eigenvalue weighted by atomic mass is 16.5. The number of amides is 2. The van der Waals surface area contributed by atoms with Crippen molar-refractivity contribution in [1.29, 1.82) is 0 Å². The summed E-state index contributed by atoms with van der Waals surface area (Å²) in [6.07, 6.45) is 2.22. The van der Waals surface area contributed by atoms with Gasteiger partial charge in [0, 0.05) is 18.5 Å². The lowest BCUT2D eigenvalue weighted by molar-refractivity contribution is -0.141. The van der Waals surface area contributed by atoms with E-state index in [1.165, 1.54) is 0 Å². The Kier molecular flexibility index (Phi) is 6.17. The summed E-state index contributed by atoms with van der Waals surface area (Å²) in [4.78, 5) is 33.8. The van der Waals surface area contributed by atoms with Gasteiger partial charge in [-0.25, -0.2) is 4.79 Å². The van der Waals surface area contributed by atoms with Crippen molar-refractivity contribution in [2.75, 3.05) is 11.9 Å². The average molecular weight is 334 g/mol. The molecule has 3 N–H and O–H groups in total. The van der Waals surface area contributed by atoms with Crippen LogP contribution in [0.25, 0.3) is 0 Å². The number of aliphatic carboxylic acids is 1. The number of fused-ring (bicyclic) bond motifs is 1. The Bertz CT molecular complexity index is 629. The topological polar surface area (TPSA) is 105 Å². The van der Waals surface area contributed by atoms with E-state index in [2.05, 4.69) is 10.6 Å². The minimum absolute atomic E-state index is 0.0222. The van der Waals surface area contributed by atoms with E-state index in [0.29, 0.717) is 38.0 Å². The molecule has 1 unspecified atom stereocenters. The zero-order valence-corrected chi connectivity index (χ0v) is 13.6. The fourth-order valence-corrected chi connectivity index (χ4v) is 2.48. The Labute approximate surface area is 140 Å². The third-order valence-electron chi connectivity index (χ3n) is 3.83. The van der Waals surface area contributed by atoms with Gasteiger partial charge < -0.3 is 20.5 Å². The largest absolute Gasteiger partial charge is 0.494 e. The van der Waals surface area contributed by atoms with Gasteiger partial charge in [0.15, 0.2) is 0 Å². The molecular weight excluding hydrogens is 312 g/mol. The highest BCUT2D eigenvalue weighted by Gasteiger charge is 2.17. The van der Waals surface area contributed by atoms with Gasteiger partial charge in [-0.2, -0.15) is 0 Å². The number of benzene rings is 1. The van der Waals surface area contributed by atoms with E-state index in [1.54, 1.807) is 13.0 Å². The molecule has 1 heterocycles. The number of nitrogens with one attached hydrogen (secondary N) is 2. The normalized spacial score (nSPS) is 14.3. The standard InChI is InChI=1S/C17H22N2O5/c1-2-13(17(22)23)18-15(20)4-3-9-24-12-6-7-14-11(10-12)5-8-16(21)19-14/h6-7,10,13H,2-5,8-9H2,1H3,(H,18,20)(H,19,21)(H,22,23). The molecule has 0 bridgehead atoms. The molecule has 1 aliphatic rings. The predicted octanol–water partition coefficient (Wildman–Crippen LogP) is 1.71. The van der Waals surface area contributed by atoms with Gasteiger partial charge in [-0.1, -0.05) is 6.92 Å². The lowest BCUT2D eigenvalue weighted by Crippen LogP contribution is -2.40. The fraction of sp³-hybridized carbons (Fsp3) is 0.471. The van der Waals surface area contributed by atoms with Crippen molar-refractivity contribution in [1.82, 2.24) is 5.32 Å². The van der Waals surface area contributed by atoms with Gasteiger partial charge in [-0.05, 0) is 43.0 Å². The summed E-state index contributed by atoms with van der Waals surface area (Å²) in [7, 11) is 0. The third kappa shape index (κ3) is 4.97. The maximum absolute atomic E-state index is 11.7. The van der Waals surface area contributed by atoms with Crippen LogP contribution in [-0.4, -0.2) is 35.5 Å². The van der Waals surface area contributed by atoms with Crippen molar-refractivity contribution in [2.24, 2.45) is 0 Å². The number of anilines is 1. The zero-order valence-electron chi connectivity index (χ0n) is 13.6. The van der Waals surface area contributed by atoms with Crippen LogP contribution in [0.5, 0.6) is 5.75 Å². The predicted molar refractivity (Wildman–Crippen MR) is 88.0 cm³/mol. The van der Waals surface area contributed by atoms with E-state index in [4.69, 9.17) is 9.84 Å². The number of rotatable bonds is 8. The van der Waals surface area contributed by atoms with Crippen LogP contribution in [0.15, 0.2) is 18.2 Å². The second-order valence-corrected chi connectivity index (χ2v) is 5.69. The van der Waals surface area contributed by atoms with Gasteiger partial charge in [0.25, 0.3) is 0 Å². The van der Waals surface area contributed by atoms with Gasteiger partial charge in [0.2, 0.25) is 11.8 Å². The van der Waals surface area contributed by atoms with Gasteiger partial charge >= 0.3 is 5.97 Å². The Hall–Kier alpha value is -2.57. The molecule has 0 aromatic heterocycles. The first kappa shape index (κ1) is 17.8. The van der Waals surface area contributed by atoms with Crippen LogP contribution in [0.1, 0.15) is 38.2 Å². The van der Waals surface area contributed by atoms with Crippen molar-refractivity contribution in [3.63, 3.8) is 0 Å².